The van der Waals surface area contributed by atoms with E-state index >= 15 is 0 Å². The van der Waals surface area contributed by atoms with Crippen molar-refractivity contribution in [2.75, 3.05) is 0 Å². The molecule has 5 heteroatoms. The van der Waals surface area contributed by atoms with E-state index in [9.17, 15) is 0 Å². The molecule has 0 atom stereocenters. The molecular formula is C10H9N5. The third-order valence-electron chi connectivity index (χ3n) is 1.96. The summed E-state index contributed by atoms with van der Waals surface area (Å²) in [6.07, 6.45) is 3.28. The smallest absolute Gasteiger partial charge is 0.141 e. The van der Waals surface area contributed by atoms with Gasteiger partial charge in [-0.05, 0) is 24.6 Å². The van der Waals surface area contributed by atoms with Crippen molar-refractivity contribution in [2.24, 2.45) is 0 Å². The molecule has 0 aliphatic rings. The van der Waals surface area contributed by atoms with Crippen molar-refractivity contribution in [2.45, 2.75) is 13.5 Å². The van der Waals surface area contributed by atoms with E-state index in [1.54, 1.807) is 18.7 Å². The van der Waals surface area contributed by atoms with E-state index < -0.39 is 0 Å². The molecular weight excluding hydrogens is 190 g/mol. The Balaban J connectivity index is 2.29. The maximum Gasteiger partial charge on any atom is 0.141 e. The second-order valence-electron chi connectivity index (χ2n) is 3.25. The summed E-state index contributed by atoms with van der Waals surface area (Å²) in [6, 6.07) is 5.75. The van der Waals surface area contributed by atoms with Gasteiger partial charge in [0.05, 0.1) is 6.54 Å². The number of nitrogens with zero attached hydrogens (tertiary/aromatic N) is 5. The van der Waals surface area contributed by atoms with E-state index in [0.29, 0.717) is 12.2 Å². The SMILES string of the molecule is Cc1cc(Cn2cnnc2)cc(C#N)n1. The molecule has 2 rings (SSSR count). The normalized spacial score (nSPS) is 9.87. The van der Waals surface area contributed by atoms with Gasteiger partial charge in [-0.2, -0.15) is 5.26 Å². The van der Waals surface area contributed by atoms with Crippen molar-refractivity contribution in [3.63, 3.8) is 0 Å². The first-order chi connectivity index (χ1) is 7.28. The minimum atomic E-state index is 0.443. The highest BCUT2D eigenvalue weighted by molar-refractivity contribution is 5.28. The van der Waals surface area contributed by atoms with Gasteiger partial charge in [-0.1, -0.05) is 0 Å². The van der Waals surface area contributed by atoms with Gasteiger partial charge in [0.15, 0.2) is 0 Å². The fraction of sp³-hybridized carbons (Fsp3) is 0.200. The second kappa shape index (κ2) is 3.88. The van der Waals surface area contributed by atoms with E-state index in [4.69, 9.17) is 5.26 Å². The van der Waals surface area contributed by atoms with Crippen LogP contribution in [0.3, 0.4) is 0 Å². The summed E-state index contributed by atoms with van der Waals surface area (Å²) < 4.78 is 1.84. The standard InChI is InChI=1S/C10H9N5/c1-8-2-9(3-10(4-11)14-8)5-15-6-12-13-7-15/h2-3,6-7H,5H2,1H3. The molecule has 0 aliphatic heterocycles. The summed E-state index contributed by atoms with van der Waals surface area (Å²) in [5.41, 5.74) is 2.31. The van der Waals surface area contributed by atoms with Gasteiger partial charge in [-0.25, -0.2) is 4.98 Å². The van der Waals surface area contributed by atoms with Crippen molar-refractivity contribution >= 4 is 0 Å². The second-order valence-corrected chi connectivity index (χ2v) is 3.25. The summed E-state index contributed by atoms with van der Waals surface area (Å²) in [7, 11) is 0. The zero-order valence-corrected chi connectivity index (χ0v) is 8.25. The molecule has 2 heterocycles. The number of hydrogen-bond donors (Lipinski definition) is 0. The first-order valence-corrected chi connectivity index (χ1v) is 4.48. The third-order valence-corrected chi connectivity index (χ3v) is 1.96. The molecule has 15 heavy (non-hydrogen) atoms. The van der Waals surface area contributed by atoms with E-state index in [1.807, 2.05) is 23.6 Å². The maximum atomic E-state index is 8.77. The van der Waals surface area contributed by atoms with Gasteiger partial charge in [-0.3, -0.25) is 0 Å². The Hall–Kier alpha value is -2.22. The Morgan fingerprint density at radius 3 is 2.73 bits per heavy atom. The van der Waals surface area contributed by atoms with E-state index in [1.165, 1.54) is 0 Å². The number of aryl methyl sites for hydroxylation is 1. The maximum absolute atomic E-state index is 8.77. The van der Waals surface area contributed by atoms with Gasteiger partial charge in [0.1, 0.15) is 24.4 Å². The molecule has 5 nitrogen and oxygen atoms in total. The first kappa shape index (κ1) is 9.34. The highest BCUT2D eigenvalue weighted by atomic mass is 15.2. The minimum Gasteiger partial charge on any atom is -0.316 e. The quantitative estimate of drug-likeness (QED) is 0.720. The lowest BCUT2D eigenvalue weighted by Crippen LogP contribution is -1.99. The van der Waals surface area contributed by atoms with Crippen LogP contribution in [0, 0.1) is 18.3 Å². The van der Waals surface area contributed by atoms with Crippen LogP contribution in [0.25, 0.3) is 0 Å². The average molecular weight is 199 g/mol. The first-order valence-electron chi connectivity index (χ1n) is 4.48. The molecule has 0 aromatic carbocycles. The molecule has 0 aliphatic carbocycles. The predicted molar refractivity (Wildman–Crippen MR) is 52.8 cm³/mol. The molecule has 0 saturated heterocycles. The van der Waals surface area contributed by atoms with E-state index in [0.717, 1.165) is 11.3 Å². The van der Waals surface area contributed by atoms with Crippen molar-refractivity contribution in [1.82, 2.24) is 19.7 Å². The van der Waals surface area contributed by atoms with Crippen LogP contribution in [-0.2, 0) is 6.54 Å². The van der Waals surface area contributed by atoms with Crippen LogP contribution < -0.4 is 0 Å². The topological polar surface area (TPSA) is 67.4 Å². The highest BCUT2D eigenvalue weighted by Gasteiger charge is 2.00. The minimum absolute atomic E-state index is 0.443. The number of hydrogen-bond acceptors (Lipinski definition) is 4. The fourth-order valence-electron chi connectivity index (χ4n) is 1.40. The monoisotopic (exact) mass is 199 g/mol. The lowest BCUT2D eigenvalue weighted by molar-refractivity contribution is 0.790. The zero-order chi connectivity index (χ0) is 10.7. The van der Waals surface area contributed by atoms with Crippen LogP contribution >= 0.6 is 0 Å². The number of aromatic nitrogens is 4. The summed E-state index contributed by atoms with van der Waals surface area (Å²) in [5.74, 6) is 0. The molecule has 2 aromatic rings. The highest BCUT2D eigenvalue weighted by Crippen LogP contribution is 2.06. The van der Waals surface area contributed by atoms with Gasteiger partial charge in [-0.15, -0.1) is 10.2 Å². The Kier molecular flexibility index (Phi) is 2.42. The zero-order valence-electron chi connectivity index (χ0n) is 8.25. The van der Waals surface area contributed by atoms with Crippen LogP contribution in [0.5, 0.6) is 0 Å². The number of nitriles is 1. The van der Waals surface area contributed by atoms with Crippen LogP contribution in [0.2, 0.25) is 0 Å². The van der Waals surface area contributed by atoms with Gasteiger partial charge in [0.2, 0.25) is 0 Å². The predicted octanol–water partition coefficient (Wildman–Crippen LogP) is 0.901. The molecule has 0 saturated carbocycles. The molecule has 0 spiro atoms. The number of rotatable bonds is 2. The lowest BCUT2D eigenvalue weighted by Gasteiger charge is -2.03. The molecule has 0 radical (unpaired) electrons. The largest absolute Gasteiger partial charge is 0.316 e. The molecule has 2 aromatic heterocycles. The fourth-order valence-corrected chi connectivity index (χ4v) is 1.40. The Morgan fingerprint density at radius 1 is 1.33 bits per heavy atom. The Bertz CT molecular complexity index is 495. The van der Waals surface area contributed by atoms with Crippen molar-refractivity contribution in [3.05, 3.63) is 41.7 Å². The van der Waals surface area contributed by atoms with Crippen molar-refractivity contribution in [1.29, 1.82) is 5.26 Å². The summed E-state index contributed by atoms with van der Waals surface area (Å²) >= 11 is 0. The van der Waals surface area contributed by atoms with E-state index in [-0.39, 0.29) is 0 Å². The van der Waals surface area contributed by atoms with Gasteiger partial charge in [0, 0.05) is 5.69 Å². The molecule has 0 unspecified atom stereocenters. The summed E-state index contributed by atoms with van der Waals surface area (Å²) in [4.78, 5) is 4.08. The third kappa shape index (κ3) is 2.17. The van der Waals surface area contributed by atoms with E-state index in [2.05, 4.69) is 15.2 Å². The van der Waals surface area contributed by atoms with Crippen LogP contribution in [0.4, 0.5) is 0 Å². The van der Waals surface area contributed by atoms with Crippen LogP contribution in [0.15, 0.2) is 24.8 Å². The summed E-state index contributed by atoms with van der Waals surface area (Å²) in [6.45, 7) is 2.53. The van der Waals surface area contributed by atoms with Crippen LogP contribution in [-0.4, -0.2) is 19.7 Å². The Labute approximate surface area is 87.0 Å². The lowest BCUT2D eigenvalue weighted by atomic mass is 10.2. The van der Waals surface area contributed by atoms with Crippen molar-refractivity contribution < 1.29 is 0 Å². The number of pyridine rings is 1. The molecule has 0 fully saturated rings. The molecule has 0 bridgehead atoms. The Morgan fingerprint density at radius 2 is 2.07 bits per heavy atom. The molecule has 74 valence electrons. The average Bonchev–Trinajstić information content (AvgIpc) is 2.69. The van der Waals surface area contributed by atoms with Gasteiger partial charge >= 0.3 is 0 Å². The molecule has 0 N–H and O–H groups in total. The van der Waals surface area contributed by atoms with Crippen molar-refractivity contribution in [3.8, 4) is 6.07 Å². The van der Waals surface area contributed by atoms with Gasteiger partial charge in [0.25, 0.3) is 0 Å². The summed E-state index contributed by atoms with van der Waals surface area (Å²) in [5, 5.41) is 16.2. The molecule has 0 amide bonds. The van der Waals surface area contributed by atoms with Gasteiger partial charge < -0.3 is 4.57 Å². The van der Waals surface area contributed by atoms with Crippen LogP contribution in [0.1, 0.15) is 17.0 Å².